The van der Waals surface area contributed by atoms with Crippen molar-refractivity contribution in [3.8, 4) is 5.75 Å². The number of aliphatic imine (C=N–C) groups is 1. The number of guanidine groups is 1. The fourth-order valence-corrected chi connectivity index (χ4v) is 3.80. The normalized spacial score (nSPS) is 16.4. The standard InChI is InChI=1S/C23H31N3O2/c1-19-8-6-7-11-21(19)23(12-15-27-16-13-23)18-26-22(24-2)25-14-17-28-20-9-4-3-5-10-20/h3-11H,12-18H2,1-2H3,(H2,24,25,26). The van der Waals surface area contributed by atoms with E-state index in [1.54, 1.807) is 7.05 Å². The molecule has 1 saturated heterocycles. The van der Waals surface area contributed by atoms with Crippen molar-refractivity contribution in [2.75, 3.05) is 40.0 Å². The molecular weight excluding hydrogens is 350 g/mol. The first kappa shape index (κ1) is 20.2. The molecule has 0 amide bonds. The summed E-state index contributed by atoms with van der Waals surface area (Å²) in [5.74, 6) is 1.68. The predicted octanol–water partition coefficient (Wildman–Crippen LogP) is 3.29. The van der Waals surface area contributed by atoms with Gasteiger partial charge in [-0.2, -0.15) is 0 Å². The summed E-state index contributed by atoms with van der Waals surface area (Å²) >= 11 is 0. The third-order valence-corrected chi connectivity index (χ3v) is 5.39. The van der Waals surface area contributed by atoms with E-state index in [0.29, 0.717) is 13.2 Å². The largest absolute Gasteiger partial charge is 0.492 e. The van der Waals surface area contributed by atoms with E-state index in [9.17, 15) is 0 Å². The zero-order chi connectivity index (χ0) is 19.7. The highest BCUT2D eigenvalue weighted by atomic mass is 16.5. The summed E-state index contributed by atoms with van der Waals surface area (Å²) in [7, 11) is 1.80. The van der Waals surface area contributed by atoms with Gasteiger partial charge in [-0.15, -0.1) is 0 Å². The molecule has 0 aliphatic carbocycles. The van der Waals surface area contributed by atoms with Crippen LogP contribution in [0.2, 0.25) is 0 Å². The van der Waals surface area contributed by atoms with Crippen LogP contribution in [0, 0.1) is 6.92 Å². The molecular formula is C23H31N3O2. The minimum atomic E-state index is 0.0712. The SMILES string of the molecule is CN=C(NCCOc1ccccc1)NCC1(c2ccccc2C)CCOCC1. The molecule has 2 N–H and O–H groups in total. The molecule has 0 bridgehead atoms. The lowest BCUT2D eigenvalue weighted by Gasteiger charge is -2.39. The summed E-state index contributed by atoms with van der Waals surface area (Å²) in [6, 6.07) is 18.5. The third kappa shape index (κ3) is 5.26. The van der Waals surface area contributed by atoms with Crippen molar-refractivity contribution in [2.45, 2.75) is 25.2 Å². The first-order chi connectivity index (χ1) is 13.7. The molecule has 0 atom stereocenters. The van der Waals surface area contributed by atoms with E-state index in [0.717, 1.165) is 44.3 Å². The Balaban J connectivity index is 1.55. The van der Waals surface area contributed by atoms with Gasteiger partial charge in [-0.25, -0.2) is 0 Å². The Bertz CT molecular complexity index is 755. The molecule has 1 heterocycles. The summed E-state index contributed by atoms with van der Waals surface area (Å²) in [5.41, 5.74) is 2.82. The zero-order valence-electron chi connectivity index (χ0n) is 16.9. The topological polar surface area (TPSA) is 54.9 Å². The maximum Gasteiger partial charge on any atom is 0.191 e. The number of aryl methyl sites for hydroxylation is 1. The Morgan fingerprint density at radius 1 is 1.04 bits per heavy atom. The van der Waals surface area contributed by atoms with Gasteiger partial charge in [0.05, 0.1) is 6.54 Å². The van der Waals surface area contributed by atoms with Gasteiger partial charge in [0.15, 0.2) is 5.96 Å². The van der Waals surface area contributed by atoms with E-state index < -0.39 is 0 Å². The number of benzene rings is 2. The van der Waals surface area contributed by atoms with Gasteiger partial charge in [0, 0.05) is 32.2 Å². The van der Waals surface area contributed by atoms with Gasteiger partial charge in [-0.05, 0) is 43.0 Å². The highest BCUT2D eigenvalue weighted by molar-refractivity contribution is 5.79. The van der Waals surface area contributed by atoms with Crippen LogP contribution in [-0.2, 0) is 10.2 Å². The molecule has 1 aliphatic heterocycles. The summed E-state index contributed by atoms with van der Waals surface area (Å²) in [4.78, 5) is 4.37. The van der Waals surface area contributed by atoms with E-state index in [1.807, 2.05) is 30.3 Å². The minimum absolute atomic E-state index is 0.0712. The minimum Gasteiger partial charge on any atom is -0.492 e. The van der Waals surface area contributed by atoms with Gasteiger partial charge >= 0.3 is 0 Å². The Kier molecular flexibility index (Phi) is 7.31. The van der Waals surface area contributed by atoms with Gasteiger partial charge in [-0.1, -0.05) is 42.5 Å². The maximum absolute atomic E-state index is 5.74. The van der Waals surface area contributed by atoms with Crippen molar-refractivity contribution in [1.82, 2.24) is 10.6 Å². The van der Waals surface area contributed by atoms with Gasteiger partial charge in [0.1, 0.15) is 12.4 Å². The number of hydrogen-bond donors (Lipinski definition) is 2. The molecule has 28 heavy (non-hydrogen) atoms. The molecule has 0 unspecified atom stereocenters. The lowest BCUT2D eigenvalue weighted by atomic mass is 9.72. The third-order valence-electron chi connectivity index (χ3n) is 5.39. The second kappa shape index (κ2) is 10.1. The van der Waals surface area contributed by atoms with Crippen LogP contribution >= 0.6 is 0 Å². The maximum atomic E-state index is 5.74. The van der Waals surface area contributed by atoms with Crippen LogP contribution in [0.15, 0.2) is 59.6 Å². The highest BCUT2D eigenvalue weighted by Crippen LogP contribution is 2.36. The lowest BCUT2D eigenvalue weighted by Crippen LogP contribution is -2.48. The van der Waals surface area contributed by atoms with E-state index in [1.165, 1.54) is 11.1 Å². The first-order valence-electron chi connectivity index (χ1n) is 10.00. The van der Waals surface area contributed by atoms with Crippen LogP contribution in [0.1, 0.15) is 24.0 Å². The van der Waals surface area contributed by atoms with Crippen molar-refractivity contribution in [2.24, 2.45) is 4.99 Å². The predicted molar refractivity (Wildman–Crippen MR) is 114 cm³/mol. The van der Waals surface area contributed by atoms with Crippen molar-refractivity contribution < 1.29 is 9.47 Å². The molecule has 0 spiro atoms. The number of rotatable bonds is 7. The van der Waals surface area contributed by atoms with Crippen LogP contribution in [0.3, 0.4) is 0 Å². The Morgan fingerprint density at radius 2 is 1.75 bits per heavy atom. The lowest BCUT2D eigenvalue weighted by molar-refractivity contribution is 0.0512. The molecule has 1 fully saturated rings. The van der Waals surface area contributed by atoms with Crippen molar-refractivity contribution in [1.29, 1.82) is 0 Å². The molecule has 1 aliphatic rings. The average molecular weight is 382 g/mol. The Morgan fingerprint density at radius 3 is 2.46 bits per heavy atom. The molecule has 0 radical (unpaired) electrons. The quantitative estimate of drug-likeness (QED) is 0.439. The number of hydrogen-bond acceptors (Lipinski definition) is 3. The molecule has 5 heteroatoms. The summed E-state index contributed by atoms with van der Waals surface area (Å²) < 4.78 is 11.4. The molecule has 2 aromatic rings. The van der Waals surface area contributed by atoms with Crippen LogP contribution in [0.25, 0.3) is 0 Å². The Labute approximate surface area is 168 Å². The molecule has 150 valence electrons. The van der Waals surface area contributed by atoms with Gasteiger partial charge in [0.2, 0.25) is 0 Å². The second-order valence-corrected chi connectivity index (χ2v) is 7.22. The van der Waals surface area contributed by atoms with Crippen molar-refractivity contribution in [3.63, 3.8) is 0 Å². The highest BCUT2D eigenvalue weighted by Gasteiger charge is 2.35. The number of ether oxygens (including phenoxy) is 2. The second-order valence-electron chi connectivity index (χ2n) is 7.22. The van der Waals surface area contributed by atoms with Crippen LogP contribution in [0.4, 0.5) is 0 Å². The average Bonchev–Trinajstić information content (AvgIpc) is 2.75. The molecule has 0 aromatic heterocycles. The van der Waals surface area contributed by atoms with E-state index in [2.05, 4.69) is 46.8 Å². The van der Waals surface area contributed by atoms with E-state index in [-0.39, 0.29) is 5.41 Å². The van der Waals surface area contributed by atoms with Crippen LogP contribution < -0.4 is 15.4 Å². The number of para-hydroxylation sites is 1. The number of nitrogens with one attached hydrogen (secondary N) is 2. The van der Waals surface area contributed by atoms with Crippen LogP contribution in [-0.4, -0.2) is 45.9 Å². The van der Waals surface area contributed by atoms with Crippen LogP contribution in [0.5, 0.6) is 5.75 Å². The first-order valence-corrected chi connectivity index (χ1v) is 10.00. The van der Waals surface area contributed by atoms with E-state index in [4.69, 9.17) is 9.47 Å². The molecule has 3 rings (SSSR count). The van der Waals surface area contributed by atoms with Gasteiger partial charge in [-0.3, -0.25) is 4.99 Å². The summed E-state index contributed by atoms with van der Waals surface area (Å²) in [6.07, 6.45) is 2.03. The molecule has 5 nitrogen and oxygen atoms in total. The molecule has 0 saturated carbocycles. The van der Waals surface area contributed by atoms with Crippen molar-refractivity contribution >= 4 is 5.96 Å². The zero-order valence-corrected chi connectivity index (χ0v) is 16.9. The van der Waals surface area contributed by atoms with Gasteiger partial charge in [0.25, 0.3) is 0 Å². The van der Waals surface area contributed by atoms with Crippen molar-refractivity contribution in [3.05, 3.63) is 65.7 Å². The number of nitrogens with zero attached hydrogens (tertiary/aromatic N) is 1. The van der Waals surface area contributed by atoms with E-state index >= 15 is 0 Å². The smallest absolute Gasteiger partial charge is 0.191 e. The summed E-state index contributed by atoms with van der Waals surface area (Å²) in [5, 5.41) is 6.88. The Hall–Kier alpha value is -2.53. The van der Waals surface area contributed by atoms with Gasteiger partial charge < -0.3 is 20.1 Å². The fourth-order valence-electron chi connectivity index (χ4n) is 3.80. The molecule has 2 aromatic carbocycles. The monoisotopic (exact) mass is 381 g/mol. The fraction of sp³-hybridized carbons (Fsp3) is 0.435. The summed E-state index contributed by atoms with van der Waals surface area (Å²) in [6.45, 7) is 5.90.